The van der Waals surface area contributed by atoms with Crippen LogP contribution in [-0.4, -0.2) is 57.1 Å². The van der Waals surface area contributed by atoms with E-state index in [0.29, 0.717) is 35.0 Å². The van der Waals surface area contributed by atoms with E-state index in [9.17, 15) is 4.79 Å². The molecular formula is C19H17ClN4O3S. The first kappa shape index (κ1) is 17.9. The lowest BCUT2D eigenvalue weighted by atomic mass is 10.0. The van der Waals surface area contributed by atoms with Gasteiger partial charge < -0.3 is 9.15 Å². The molecule has 1 fully saturated rings. The number of nitrogens with zero attached hydrogens (tertiary/aromatic N) is 4. The van der Waals surface area contributed by atoms with Gasteiger partial charge in [0.15, 0.2) is 10.9 Å². The summed E-state index contributed by atoms with van der Waals surface area (Å²) in [7, 11) is 0. The predicted octanol–water partition coefficient (Wildman–Crippen LogP) is 3.38. The van der Waals surface area contributed by atoms with Crippen molar-refractivity contribution in [3.8, 4) is 11.6 Å². The quantitative estimate of drug-likeness (QED) is 0.645. The van der Waals surface area contributed by atoms with Gasteiger partial charge in [0.1, 0.15) is 5.25 Å². The summed E-state index contributed by atoms with van der Waals surface area (Å²) >= 11 is 7.94. The molecule has 2 unspecified atom stereocenters. The Hall–Kier alpha value is -2.13. The van der Waals surface area contributed by atoms with Crippen LogP contribution in [0.15, 0.2) is 52.2 Å². The standard InChI is InChI=1S/C19H17ClN4O3S/c20-13-5-2-1-4-12(13)15(23-7-10-26-11-8-23)16-18(25)24-19(28-16)21-17(22-24)14-6-3-9-27-14/h1-6,9,15-16H,7-8,10-11H2. The van der Waals surface area contributed by atoms with Crippen molar-refractivity contribution in [2.24, 2.45) is 0 Å². The van der Waals surface area contributed by atoms with Crippen molar-refractivity contribution >= 4 is 29.3 Å². The highest BCUT2D eigenvalue weighted by atomic mass is 35.5. The van der Waals surface area contributed by atoms with Crippen LogP contribution in [0.5, 0.6) is 0 Å². The van der Waals surface area contributed by atoms with Gasteiger partial charge in [0, 0.05) is 18.1 Å². The molecule has 0 bridgehead atoms. The van der Waals surface area contributed by atoms with E-state index in [-0.39, 0.29) is 17.2 Å². The summed E-state index contributed by atoms with van der Waals surface area (Å²) in [5.41, 5.74) is 0.939. The Labute approximate surface area is 170 Å². The van der Waals surface area contributed by atoms with Crippen LogP contribution in [0.1, 0.15) is 16.4 Å². The fourth-order valence-corrected chi connectivity index (χ4v) is 5.13. The summed E-state index contributed by atoms with van der Waals surface area (Å²) in [4.78, 5) is 20.0. The van der Waals surface area contributed by atoms with Gasteiger partial charge in [0.2, 0.25) is 5.82 Å². The van der Waals surface area contributed by atoms with Crippen molar-refractivity contribution in [3.05, 3.63) is 53.2 Å². The van der Waals surface area contributed by atoms with E-state index in [2.05, 4.69) is 15.0 Å². The topological polar surface area (TPSA) is 73.4 Å². The van der Waals surface area contributed by atoms with Gasteiger partial charge in [-0.05, 0) is 23.8 Å². The van der Waals surface area contributed by atoms with Gasteiger partial charge in [0.05, 0.1) is 25.5 Å². The number of aromatic nitrogens is 3. The molecule has 0 spiro atoms. The van der Waals surface area contributed by atoms with Crippen LogP contribution in [0.3, 0.4) is 0 Å². The number of benzene rings is 1. The summed E-state index contributed by atoms with van der Waals surface area (Å²) in [6, 6.07) is 11.1. The van der Waals surface area contributed by atoms with Gasteiger partial charge in [-0.3, -0.25) is 9.69 Å². The largest absolute Gasteiger partial charge is 0.461 e. The maximum absolute atomic E-state index is 13.3. The van der Waals surface area contributed by atoms with Gasteiger partial charge in [0.25, 0.3) is 5.91 Å². The Morgan fingerprint density at radius 1 is 1.18 bits per heavy atom. The van der Waals surface area contributed by atoms with Crippen LogP contribution >= 0.6 is 23.4 Å². The summed E-state index contributed by atoms with van der Waals surface area (Å²) in [5.74, 6) is 0.865. The molecule has 9 heteroatoms. The second-order valence-electron chi connectivity index (χ2n) is 6.60. The molecule has 0 aliphatic carbocycles. The third-order valence-corrected chi connectivity index (χ3v) is 6.49. The average molecular weight is 417 g/mol. The molecule has 28 heavy (non-hydrogen) atoms. The highest BCUT2D eigenvalue weighted by molar-refractivity contribution is 8.00. The molecule has 7 nitrogen and oxygen atoms in total. The van der Waals surface area contributed by atoms with Crippen molar-refractivity contribution in [1.29, 1.82) is 0 Å². The number of fused-ring (bicyclic) bond motifs is 1. The molecule has 2 aromatic heterocycles. The SMILES string of the molecule is O=C1C(C(c2ccccc2Cl)N2CCOCC2)Sc2nc(-c3ccco3)nn21. The number of thioether (sulfide) groups is 1. The Morgan fingerprint density at radius 3 is 2.71 bits per heavy atom. The number of halogens is 1. The van der Waals surface area contributed by atoms with E-state index in [4.69, 9.17) is 20.8 Å². The number of hydrogen-bond acceptors (Lipinski definition) is 7. The van der Waals surface area contributed by atoms with E-state index in [0.717, 1.165) is 18.7 Å². The molecule has 2 aliphatic rings. The zero-order chi connectivity index (χ0) is 19.1. The summed E-state index contributed by atoms with van der Waals surface area (Å²) in [6.45, 7) is 2.76. The lowest BCUT2D eigenvalue weighted by molar-refractivity contribution is 0.0152. The normalized spacial score (nSPS) is 21.0. The first-order valence-electron chi connectivity index (χ1n) is 9.00. The minimum atomic E-state index is -0.376. The smallest absolute Gasteiger partial charge is 0.264 e. The van der Waals surface area contributed by atoms with Gasteiger partial charge in [-0.2, -0.15) is 9.67 Å². The number of hydrogen-bond donors (Lipinski definition) is 0. The zero-order valence-electron chi connectivity index (χ0n) is 14.8. The lowest BCUT2D eigenvalue weighted by Crippen LogP contribution is -2.44. The fourth-order valence-electron chi connectivity index (χ4n) is 3.63. The average Bonchev–Trinajstić information content (AvgIpc) is 3.43. The number of carbonyl (C=O) groups is 1. The first-order valence-corrected chi connectivity index (χ1v) is 10.3. The fraction of sp³-hybridized carbons (Fsp3) is 0.316. The van der Waals surface area contributed by atoms with Crippen molar-refractivity contribution in [2.75, 3.05) is 26.3 Å². The number of rotatable bonds is 4. The van der Waals surface area contributed by atoms with Gasteiger partial charge in [-0.1, -0.05) is 41.6 Å². The van der Waals surface area contributed by atoms with E-state index in [1.54, 1.807) is 18.4 Å². The van der Waals surface area contributed by atoms with Crippen LogP contribution < -0.4 is 0 Å². The molecule has 1 aromatic carbocycles. The van der Waals surface area contributed by atoms with Crippen molar-refractivity contribution in [2.45, 2.75) is 16.4 Å². The Morgan fingerprint density at radius 2 is 2.00 bits per heavy atom. The zero-order valence-corrected chi connectivity index (χ0v) is 16.4. The number of furan rings is 1. The third kappa shape index (κ3) is 3.06. The molecule has 0 saturated carbocycles. The monoisotopic (exact) mass is 416 g/mol. The van der Waals surface area contributed by atoms with E-state index in [1.807, 2.05) is 24.3 Å². The third-order valence-electron chi connectivity index (χ3n) is 4.95. The molecule has 144 valence electrons. The second kappa shape index (κ2) is 7.36. The minimum absolute atomic E-state index is 0.0956. The van der Waals surface area contributed by atoms with Gasteiger partial charge in [-0.15, -0.1) is 5.10 Å². The van der Waals surface area contributed by atoms with Crippen molar-refractivity contribution in [3.63, 3.8) is 0 Å². The second-order valence-corrected chi connectivity index (χ2v) is 8.11. The number of ether oxygens (including phenoxy) is 1. The maximum Gasteiger partial charge on any atom is 0.264 e. The molecule has 5 rings (SSSR count). The highest BCUT2D eigenvalue weighted by Crippen LogP contribution is 2.43. The molecule has 1 saturated heterocycles. The molecule has 2 atom stereocenters. The number of morpholine rings is 1. The maximum atomic E-state index is 13.3. The first-order chi connectivity index (χ1) is 13.7. The van der Waals surface area contributed by atoms with Crippen LogP contribution in [0.4, 0.5) is 0 Å². The Kier molecular flexibility index (Phi) is 4.72. The lowest BCUT2D eigenvalue weighted by Gasteiger charge is -2.37. The van der Waals surface area contributed by atoms with Gasteiger partial charge >= 0.3 is 0 Å². The van der Waals surface area contributed by atoms with E-state index >= 15 is 0 Å². The van der Waals surface area contributed by atoms with Crippen LogP contribution in [0.25, 0.3) is 11.6 Å². The molecule has 0 amide bonds. The molecule has 2 aliphatic heterocycles. The highest BCUT2D eigenvalue weighted by Gasteiger charge is 2.44. The molecule has 0 N–H and O–H groups in total. The molecule has 0 radical (unpaired) electrons. The number of carbonyl (C=O) groups excluding carboxylic acids is 1. The van der Waals surface area contributed by atoms with Crippen molar-refractivity contribution in [1.82, 2.24) is 19.7 Å². The van der Waals surface area contributed by atoms with Crippen LogP contribution in [0.2, 0.25) is 5.02 Å². The summed E-state index contributed by atoms with van der Waals surface area (Å²) < 4.78 is 12.2. The summed E-state index contributed by atoms with van der Waals surface area (Å²) in [5, 5.41) is 5.23. The van der Waals surface area contributed by atoms with Gasteiger partial charge in [-0.25, -0.2) is 0 Å². The predicted molar refractivity (Wildman–Crippen MR) is 105 cm³/mol. The van der Waals surface area contributed by atoms with E-state index < -0.39 is 0 Å². The van der Waals surface area contributed by atoms with E-state index in [1.165, 1.54) is 16.4 Å². The molecule has 3 aromatic rings. The summed E-state index contributed by atoms with van der Waals surface area (Å²) in [6.07, 6.45) is 1.56. The van der Waals surface area contributed by atoms with Crippen LogP contribution in [0, 0.1) is 0 Å². The molecular weight excluding hydrogens is 400 g/mol. The molecule has 4 heterocycles. The van der Waals surface area contributed by atoms with Crippen molar-refractivity contribution < 1.29 is 13.9 Å². The minimum Gasteiger partial charge on any atom is -0.461 e. The van der Waals surface area contributed by atoms with Crippen LogP contribution in [-0.2, 0) is 4.74 Å². The Balaban J connectivity index is 1.50. The Bertz CT molecular complexity index is 1000.